The van der Waals surface area contributed by atoms with Crippen LogP contribution in [0, 0.1) is 0 Å². The minimum atomic E-state index is -0.522. The number of rotatable bonds is 2. The van der Waals surface area contributed by atoms with Gasteiger partial charge >= 0.3 is 12.1 Å². The number of allylic oxidation sites excluding steroid dienone is 2. The summed E-state index contributed by atoms with van der Waals surface area (Å²) in [6.45, 7) is 6.59. The van der Waals surface area contributed by atoms with Crippen molar-refractivity contribution in [2.75, 3.05) is 23.1 Å². The maximum Gasteiger partial charge on any atom is 0.410 e. The molecule has 5 rings (SSSR count). The molecule has 1 atom stereocenters. The van der Waals surface area contributed by atoms with Crippen LogP contribution in [-0.4, -0.2) is 47.0 Å². The minimum Gasteiger partial charge on any atom is -0.459 e. The Morgan fingerprint density at radius 2 is 1.94 bits per heavy atom. The first-order valence-corrected chi connectivity index (χ1v) is 12.5. The largest absolute Gasteiger partial charge is 0.459 e. The summed E-state index contributed by atoms with van der Waals surface area (Å²) < 4.78 is 14.7. The summed E-state index contributed by atoms with van der Waals surface area (Å²) in [6, 6.07) is 4.20. The van der Waals surface area contributed by atoms with E-state index in [4.69, 9.17) is 9.47 Å². The monoisotopic (exact) mass is 479 g/mol. The lowest BCUT2D eigenvalue weighted by Gasteiger charge is -2.33. The summed E-state index contributed by atoms with van der Waals surface area (Å²) in [7, 11) is 0. The molecular formula is C26H29N3O4S. The summed E-state index contributed by atoms with van der Waals surface area (Å²) in [5, 5.41) is 5.67. The number of amides is 1. The van der Waals surface area contributed by atoms with E-state index in [0.717, 1.165) is 27.4 Å². The number of anilines is 2. The van der Waals surface area contributed by atoms with E-state index in [0.29, 0.717) is 31.5 Å². The normalized spacial score (nSPS) is 21.1. The minimum absolute atomic E-state index is 0.127. The van der Waals surface area contributed by atoms with Crippen molar-refractivity contribution in [2.45, 2.75) is 50.6 Å². The maximum atomic E-state index is 13.0. The molecule has 0 aromatic heterocycles. The third kappa shape index (κ3) is 4.59. The van der Waals surface area contributed by atoms with E-state index < -0.39 is 5.60 Å². The first kappa shape index (κ1) is 22.7. The molecule has 7 nitrogen and oxygen atoms in total. The number of likely N-dealkylation sites (tertiary alicyclic amines) is 1. The Hall–Kier alpha value is -3.13. The average molecular weight is 480 g/mol. The van der Waals surface area contributed by atoms with Crippen molar-refractivity contribution in [3.05, 3.63) is 58.6 Å². The van der Waals surface area contributed by atoms with Gasteiger partial charge in [0.2, 0.25) is 0 Å². The lowest BCUT2D eigenvalue weighted by Crippen LogP contribution is -2.43. The highest BCUT2D eigenvalue weighted by Crippen LogP contribution is 2.34. The number of hydrogen-bond donors (Lipinski definition) is 2. The quantitative estimate of drug-likeness (QED) is 0.497. The number of esters is 1. The van der Waals surface area contributed by atoms with Crippen molar-refractivity contribution in [1.29, 1.82) is 0 Å². The molecule has 4 aliphatic rings. The van der Waals surface area contributed by atoms with Gasteiger partial charge < -0.3 is 24.4 Å². The van der Waals surface area contributed by atoms with Crippen molar-refractivity contribution in [2.24, 2.45) is 0 Å². The van der Waals surface area contributed by atoms with Gasteiger partial charge in [-0.1, -0.05) is 30.4 Å². The number of carbonyl (C=O) groups is 2. The van der Waals surface area contributed by atoms with E-state index in [1.54, 1.807) is 16.8 Å². The van der Waals surface area contributed by atoms with E-state index in [9.17, 15) is 9.59 Å². The molecule has 1 aliphatic carbocycles. The van der Waals surface area contributed by atoms with Gasteiger partial charge in [0, 0.05) is 42.6 Å². The van der Waals surface area contributed by atoms with E-state index >= 15 is 0 Å². The third-order valence-electron chi connectivity index (χ3n) is 6.11. The van der Waals surface area contributed by atoms with Crippen molar-refractivity contribution in [3.63, 3.8) is 0 Å². The molecule has 0 bridgehead atoms. The SMILES string of the molecule is CC(C)(C)OC(=O)N1CCC(OC(=O)C2=CC3=c4ccc5c(c4NSC3C=C2)NC=CC=5)CC1. The molecule has 8 heteroatoms. The van der Waals surface area contributed by atoms with Gasteiger partial charge in [0.1, 0.15) is 11.7 Å². The van der Waals surface area contributed by atoms with Crippen molar-refractivity contribution < 1.29 is 19.1 Å². The van der Waals surface area contributed by atoms with Gasteiger partial charge in [-0.25, -0.2) is 9.59 Å². The first-order chi connectivity index (χ1) is 16.3. The lowest BCUT2D eigenvalue weighted by molar-refractivity contribution is -0.145. The summed E-state index contributed by atoms with van der Waals surface area (Å²) in [5.74, 6) is -0.324. The van der Waals surface area contributed by atoms with Gasteiger partial charge in [-0.15, -0.1) is 0 Å². The Kier molecular flexibility index (Phi) is 5.93. The fourth-order valence-electron chi connectivity index (χ4n) is 4.42. The van der Waals surface area contributed by atoms with E-state index in [-0.39, 0.29) is 23.4 Å². The highest BCUT2D eigenvalue weighted by atomic mass is 32.2. The van der Waals surface area contributed by atoms with Crippen molar-refractivity contribution in [1.82, 2.24) is 4.90 Å². The number of hydrogen-bond acceptors (Lipinski definition) is 7. The molecule has 0 radical (unpaired) electrons. The van der Waals surface area contributed by atoms with E-state index in [1.807, 2.05) is 51.3 Å². The highest BCUT2D eigenvalue weighted by molar-refractivity contribution is 8.01. The van der Waals surface area contributed by atoms with Crippen LogP contribution in [0.25, 0.3) is 11.6 Å². The number of fused-ring (bicyclic) bond motifs is 4. The molecule has 3 heterocycles. The van der Waals surface area contributed by atoms with E-state index in [1.165, 1.54) is 0 Å². The number of nitrogens with one attached hydrogen (secondary N) is 2. The van der Waals surface area contributed by atoms with Crippen LogP contribution in [0.1, 0.15) is 33.6 Å². The van der Waals surface area contributed by atoms with Crippen molar-refractivity contribution >= 4 is 47.0 Å². The molecule has 1 unspecified atom stereocenters. The molecule has 1 aromatic carbocycles. The number of benzene rings is 1. The average Bonchev–Trinajstić information content (AvgIpc) is 2.82. The van der Waals surface area contributed by atoms with Crippen LogP contribution >= 0.6 is 11.9 Å². The zero-order valence-corrected chi connectivity index (χ0v) is 20.4. The summed E-state index contributed by atoms with van der Waals surface area (Å²) in [4.78, 5) is 26.9. The third-order valence-corrected chi connectivity index (χ3v) is 7.09. The molecular weight excluding hydrogens is 450 g/mol. The fraction of sp³-hybridized carbons (Fsp3) is 0.385. The molecule has 0 spiro atoms. The Morgan fingerprint density at radius 1 is 1.15 bits per heavy atom. The molecule has 1 aromatic rings. The predicted octanol–water partition coefficient (Wildman–Crippen LogP) is 3.44. The van der Waals surface area contributed by atoms with Crippen LogP contribution in [0.3, 0.4) is 0 Å². The molecule has 34 heavy (non-hydrogen) atoms. The highest BCUT2D eigenvalue weighted by Gasteiger charge is 2.30. The van der Waals surface area contributed by atoms with Gasteiger partial charge in [0.05, 0.1) is 22.2 Å². The van der Waals surface area contributed by atoms with Crippen LogP contribution in [0.5, 0.6) is 0 Å². The Morgan fingerprint density at radius 3 is 2.71 bits per heavy atom. The summed E-state index contributed by atoms with van der Waals surface area (Å²) in [6.07, 6.45) is 12.5. The number of carbonyl (C=O) groups excluding carboxylic acids is 2. The second-order valence-corrected chi connectivity index (χ2v) is 10.7. The molecule has 2 N–H and O–H groups in total. The van der Waals surface area contributed by atoms with Gasteiger partial charge in [-0.2, -0.15) is 0 Å². The standard InChI is InChI=1S/C26H29N3O4S/c1-26(2,3)33-25(31)29-13-10-18(11-14-29)32-24(30)17-7-9-21-20(15-17)19-8-6-16-5-4-12-27-22(16)23(19)28-34-21/h4-9,12,15,18,21,27-28H,10-11,13-14H2,1-3H3. The first-order valence-electron chi connectivity index (χ1n) is 11.6. The topological polar surface area (TPSA) is 79.9 Å². The predicted molar refractivity (Wildman–Crippen MR) is 135 cm³/mol. The van der Waals surface area contributed by atoms with Crippen LogP contribution < -0.4 is 20.5 Å². The Labute approximate surface area is 203 Å². The Bertz CT molecular complexity index is 1230. The Balaban J connectivity index is 1.29. The van der Waals surface area contributed by atoms with Crippen LogP contribution in [0.2, 0.25) is 0 Å². The molecule has 1 saturated heterocycles. The number of piperidine rings is 1. The molecule has 1 fully saturated rings. The van der Waals surface area contributed by atoms with Gasteiger partial charge in [0.15, 0.2) is 0 Å². The van der Waals surface area contributed by atoms with Crippen LogP contribution in [0.15, 0.2) is 48.2 Å². The lowest BCUT2D eigenvalue weighted by atomic mass is 9.97. The van der Waals surface area contributed by atoms with Crippen molar-refractivity contribution in [3.8, 4) is 0 Å². The van der Waals surface area contributed by atoms with Gasteiger partial charge in [-0.05, 0) is 50.4 Å². The molecule has 178 valence electrons. The van der Waals surface area contributed by atoms with E-state index in [2.05, 4.69) is 28.2 Å². The smallest absolute Gasteiger partial charge is 0.410 e. The zero-order valence-electron chi connectivity index (χ0n) is 19.6. The van der Waals surface area contributed by atoms with Gasteiger partial charge in [0.25, 0.3) is 0 Å². The fourth-order valence-corrected chi connectivity index (χ4v) is 5.36. The summed E-state index contributed by atoms with van der Waals surface area (Å²) >= 11 is 1.62. The molecule has 0 saturated carbocycles. The number of ether oxygens (including phenoxy) is 2. The number of nitrogens with zero attached hydrogens (tertiary/aromatic N) is 1. The van der Waals surface area contributed by atoms with Gasteiger partial charge in [-0.3, -0.25) is 0 Å². The summed E-state index contributed by atoms with van der Waals surface area (Å²) in [5.41, 5.74) is 3.19. The second-order valence-electron chi connectivity index (χ2n) is 9.75. The van der Waals surface area contributed by atoms with Crippen LogP contribution in [0.4, 0.5) is 16.2 Å². The zero-order chi connectivity index (χ0) is 23.9. The molecule has 3 aliphatic heterocycles. The second kappa shape index (κ2) is 8.91. The molecule has 1 amide bonds. The maximum absolute atomic E-state index is 13.0. The van der Waals surface area contributed by atoms with Crippen LogP contribution in [-0.2, 0) is 14.3 Å².